The molecule has 1 aromatic rings. The van der Waals surface area contributed by atoms with Crippen LogP contribution >= 0.6 is 15.9 Å². The molecule has 0 aromatic heterocycles. The maximum atomic E-state index is 5.53. The zero-order valence-electron chi connectivity index (χ0n) is 11.9. The molecule has 18 heavy (non-hydrogen) atoms. The van der Waals surface area contributed by atoms with Gasteiger partial charge in [-0.1, -0.05) is 20.8 Å². The lowest BCUT2D eigenvalue weighted by molar-refractivity contribution is 0.276. The third kappa shape index (κ3) is 2.98. The van der Waals surface area contributed by atoms with E-state index in [9.17, 15) is 0 Å². The molecule has 0 aliphatic rings. The summed E-state index contributed by atoms with van der Waals surface area (Å²) in [4.78, 5) is 0. The molecule has 102 valence electrons. The Morgan fingerprint density at radius 3 is 2.17 bits per heavy atom. The maximum Gasteiger partial charge on any atom is 0.141 e. The molecule has 0 aliphatic heterocycles. The monoisotopic (exact) mass is 315 g/mol. The van der Waals surface area contributed by atoms with Gasteiger partial charge in [0.1, 0.15) is 16.0 Å². The number of rotatable bonds is 4. The molecule has 4 heteroatoms. The van der Waals surface area contributed by atoms with Gasteiger partial charge in [-0.15, -0.1) is 0 Å². The van der Waals surface area contributed by atoms with Crippen molar-refractivity contribution in [1.29, 1.82) is 0 Å². The Morgan fingerprint density at radius 1 is 1.17 bits per heavy atom. The molecule has 0 aliphatic carbocycles. The van der Waals surface area contributed by atoms with E-state index in [0.29, 0.717) is 0 Å². The molecule has 0 amide bonds. The van der Waals surface area contributed by atoms with Crippen LogP contribution in [0.25, 0.3) is 0 Å². The predicted octanol–water partition coefficient (Wildman–Crippen LogP) is 3.77. The first kappa shape index (κ1) is 15.3. The van der Waals surface area contributed by atoms with Crippen LogP contribution in [0.2, 0.25) is 0 Å². The van der Waals surface area contributed by atoms with E-state index in [0.717, 1.165) is 21.5 Å². The molecule has 1 unspecified atom stereocenters. The summed E-state index contributed by atoms with van der Waals surface area (Å²) >= 11 is 3.54. The molecular formula is C14H22BrNO2. The maximum absolute atomic E-state index is 5.53. The third-order valence-electron chi connectivity index (χ3n) is 2.98. The van der Waals surface area contributed by atoms with Crippen molar-refractivity contribution in [3.63, 3.8) is 0 Å². The van der Waals surface area contributed by atoms with E-state index in [1.54, 1.807) is 14.2 Å². The lowest BCUT2D eigenvalue weighted by Crippen LogP contribution is -2.30. The van der Waals surface area contributed by atoms with Crippen LogP contribution in [0, 0.1) is 5.41 Å². The number of benzene rings is 1. The molecule has 1 atom stereocenters. The molecule has 1 N–H and O–H groups in total. The van der Waals surface area contributed by atoms with Crippen molar-refractivity contribution < 1.29 is 9.47 Å². The van der Waals surface area contributed by atoms with Gasteiger partial charge in [0.15, 0.2) is 0 Å². The molecule has 1 aromatic carbocycles. The van der Waals surface area contributed by atoms with E-state index in [1.807, 2.05) is 13.1 Å². The first-order valence-electron chi connectivity index (χ1n) is 5.94. The van der Waals surface area contributed by atoms with E-state index in [4.69, 9.17) is 9.47 Å². The average Bonchev–Trinajstić information content (AvgIpc) is 2.28. The van der Waals surface area contributed by atoms with Crippen LogP contribution in [-0.2, 0) is 0 Å². The summed E-state index contributed by atoms with van der Waals surface area (Å²) in [6, 6.07) is 4.21. The molecule has 0 fully saturated rings. The second-order valence-corrected chi connectivity index (χ2v) is 6.08. The standard InChI is InChI=1S/C14H22BrNO2/c1-14(2,3)13(16-4)9-7-8-10(17-5)11(15)12(9)18-6/h7-8,13,16H,1-6H3. The normalized spacial score (nSPS) is 13.3. The van der Waals surface area contributed by atoms with Crippen LogP contribution < -0.4 is 14.8 Å². The Balaban J connectivity index is 3.36. The summed E-state index contributed by atoms with van der Waals surface area (Å²) in [5, 5.41) is 3.36. The summed E-state index contributed by atoms with van der Waals surface area (Å²) in [6.45, 7) is 6.60. The van der Waals surface area contributed by atoms with Crippen LogP contribution in [0.15, 0.2) is 16.6 Å². The Labute approximate surface area is 118 Å². The molecule has 0 saturated heterocycles. The second kappa shape index (κ2) is 5.93. The Bertz CT molecular complexity index is 413. The average molecular weight is 316 g/mol. The van der Waals surface area contributed by atoms with Crippen LogP contribution in [0.3, 0.4) is 0 Å². The zero-order valence-corrected chi connectivity index (χ0v) is 13.5. The SMILES string of the molecule is CNC(c1ccc(OC)c(Br)c1OC)C(C)(C)C. The number of hydrogen-bond donors (Lipinski definition) is 1. The molecular weight excluding hydrogens is 294 g/mol. The van der Waals surface area contributed by atoms with Crippen molar-refractivity contribution in [2.45, 2.75) is 26.8 Å². The fraction of sp³-hybridized carbons (Fsp3) is 0.571. The van der Waals surface area contributed by atoms with Gasteiger partial charge in [-0.05, 0) is 40.5 Å². The van der Waals surface area contributed by atoms with E-state index < -0.39 is 0 Å². The van der Waals surface area contributed by atoms with Crippen molar-refractivity contribution in [2.75, 3.05) is 21.3 Å². The van der Waals surface area contributed by atoms with Crippen molar-refractivity contribution in [1.82, 2.24) is 5.32 Å². The van der Waals surface area contributed by atoms with E-state index in [1.165, 1.54) is 0 Å². The van der Waals surface area contributed by atoms with E-state index in [-0.39, 0.29) is 11.5 Å². The van der Waals surface area contributed by atoms with Crippen molar-refractivity contribution in [3.05, 3.63) is 22.2 Å². The van der Waals surface area contributed by atoms with Gasteiger partial charge in [0.25, 0.3) is 0 Å². The second-order valence-electron chi connectivity index (χ2n) is 5.29. The van der Waals surface area contributed by atoms with E-state index in [2.05, 4.69) is 48.1 Å². The van der Waals surface area contributed by atoms with E-state index >= 15 is 0 Å². The minimum Gasteiger partial charge on any atom is -0.495 e. The van der Waals surface area contributed by atoms with Gasteiger partial charge in [0, 0.05) is 11.6 Å². The number of halogens is 1. The summed E-state index contributed by atoms with van der Waals surface area (Å²) in [6.07, 6.45) is 0. The molecule has 0 bridgehead atoms. The summed E-state index contributed by atoms with van der Waals surface area (Å²) in [5.74, 6) is 1.60. The molecule has 3 nitrogen and oxygen atoms in total. The summed E-state index contributed by atoms with van der Waals surface area (Å²) in [5.41, 5.74) is 1.22. The van der Waals surface area contributed by atoms with Crippen LogP contribution in [0.1, 0.15) is 32.4 Å². The van der Waals surface area contributed by atoms with Crippen molar-refractivity contribution >= 4 is 15.9 Å². The van der Waals surface area contributed by atoms with Gasteiger partial charge >= 0.3 is 0 Å². The summed E-state index contributed by atoms with van der Waals surface area (Å²) < 4.78 is 11.7. The minimum atomic E-state index is 0.0933. The highest BCUT2D eigenvalue weighted by molar-refractivity contribution is 9.10. The zero-order chi connectivity index (χ0) is 13.9. The van der Waals surface area contributed by atoms with Gasteiger partial charge in [0.2, 0.25) is 0 Å². The quantitative estimate of drug-likeness (QED) is 0.917. The first-order chi connectivity index (χ1) is 8.36. The van der Waals surface area contributed by atoms with Gasteiger partial charge in [-0.2, -0.15) is 0 Å². The van der Waals surface area contributed by atoms with Crippen molar-refractivity contribution in [3.8, 4) is 11.5 Å². The van der Waals surface area contributed by atoms with Gasteiger partial charge in [-0.25, -0.2) is 0 Å². The lowest BCUT2D eigenvalue weighted by Gasteiger charge is -2.32. The lowest BCUT2D eigenvalue weighted by atomic mass is 9.82. The largest absolute Gasteiger partial charge is 0.495 e. The topological polar surface area (TPSA) is 30.5 Å². The Hall–Kier alpha value is -0.740. The summed E-state index contributed by atoms with van der Waals surface area (Å²) in [7, 11) is 5.30. The van der Waals surface area contributed by atoms with Gasteiger partial charge in [0.05, 0.1) is 14.2 Å². The Morgan fingerprint density at radius 2 is 1.78 bits per heavy atom. The first-order valence-corrected chi connectivity index (χ1v) is 6.73. The smallest absolute Gasteiger partial charge is 0.141 e. The number of methoxy groups -OCH3 is 2. The predicted molar refractivity (Wildman–Crippen MR) is 78.5 cm³/mol. The molecule has 0 radical (unpaired) electrons. The number of nitrogens with one attached hydrogen (secondary N) is 1. The number of ether oxygens (including phenoxy) is 2. The fourth-order valence-corrected chi connectivity index (χ4v) is 2.89. The Kier molecular flexibility index (Phi) is 5.05. The highest BCUT2D eigenvalue weighted by atomic mass is 79.9. The van der Waals surface area contributed by atoms with Crippen LogP contribution in [-0.4, -0.2) is 21.3 Å². The van der Waals surface area contributed by atoms with Crippen LogP contribution in [0.4, 0.5) is 0 Å². The van der Waals surface area contributed by atoms with Gasteiger partial charge in [-0.3, -0.25) is 0 Å². The minimum absolute atomic E-state index is 0.0933. The molecule has 1 rings (SSSR count). The number of hydrogen-bond acceptors (Lipinski definition) is 3. The molecule has 0 heterocycles. The van der Waals surface area contributed by atoms with Crippen LogP contribution in [0.5, 0.6) is 11.5 Å². The molecule has 0 spiro atoms. The third-order valence-corrected chi connectivity index (χ3v) is 3.73. The highest BCUT2D eigenvalue weighted by Gasteiger charge is 2.28. The van der Waals surface area contributed by atoms with Crippen molar-refractivity contribution in [2.24, 2.45) is 5.41 Å². The molecule has 0 saturated carbocycles. The van der Waals surface area contributed by atoms with Gasteiger partial charge < -0.3 is 14.8 Å². The fourth-order valence-electron chi connectivity index (χ4n) is 2.20. The highest BCUT2D eigenvalue weighted by Crippen LogP contribution is 2.43.